The van der Waals surface area contributed by atoms with E-state index in [1.54, 1.807) is 0 Å². The van der Waals surface area contributed by atoms with Gasteiger partial charge in [-0.3, -0.25) is 0 Å². The van der Waals surface area contributed by atoms with Crippen LogP contribution >= 0.6 is 0 Å². The van der Waals surface area contributed by atoms with E-state index in [0.717, 1.165) is 24.3 Å². The van der Waals surface area contributed by atoms with Gasteiger partial charge in [-0.05, 0) is 18.2 Å². The molecule has 1 rings (SSSR count). The molecule has 0 fully saturated rings. The maximum absolute atomic E-state index is 12.3. The fourth-order valence-corrected chi connectivity index (χ4v) is 0.827. The van der Waals surface area contributed by atoms with Gasteiger partial charge in [0.1, 0.15) is 5.82 Å². The van der Waals surface area contributed by atoms with Gasteiger partial charge in [-0.25, -0.2) is 4.39 Å². The fourth-order valence-electron chi connectivity index (χ4n) is 0.827. The quantitative estimate of drug-likeness (QED) is 0.623. The van der Waals surface area contributed by atoms with Crippen LogP contribution in [0.25, 0.3) is 0 Å². The molecule has 1 aromatic carbocycles. The van der Waals surface area contributed by atoms with Crippen molar-refractivity contribution < 1.29 is 22.7 Å². The van der Waals surface area contributed by atoms with Crippen molar-refractivity contribution in [3.05, 3.63) is 35.6 Å². The summed E-state index contributed by atoms with van der Waals surface area (Å²) >= 11 is 0. The summed E-state index contributed by atoms with van der Waals surface area (Å²) in [5.74, 6) is -0.668. The van der Waals surface area contributed by atoms with E-state index in [9.17, 15) is 22.7 Å². The number of hydrogen-bond acceptors (Lipinski definition) is 1. The molecule has 0 amide bonds. The van der Waals surface area contributed by atoms with Crippen molar-refractivity contribution in [1.82, 2.24) is 0 Å². The van der Waals surface area contributed by atoms with Gasteiger partial charge in [0.2, 0.25) is 0 Å². The first-order valence-corrected chi connectivity index (χ1v) is 3.39. The molecule has 0 aliphatic carbocycles. The second-order valence-corrected chi connectivity index (χ2v) is 2.47. The van der Waals surface area contributed by atoms with E-state index in [1.807, 2.05) is 0 Å². The number of benzene rings is 1. The van der Waals surface area contributed by atoms with Crippen molar-refractivity contribution in [3.63, 3.8) is 0 Å². The van der Waals surface area contributed by atoms with Gasteiger partial charge in [0.15, 0.2) is 0 Å². The molecular formula is C8H5F4O-. The lowest BCUT2D eigenvalue weighted by Gasteiger charge is -2.25. The van der Waals surface area contributed by atoms with E-state index >= 15 is 0 Å². The third kappa shape index (κ3) is 2.42. The molecule has 0 N–H and O–H groups in total. The van der Waals surface area contributed by atoms with Crippen LogP contribution in [-0.2, 0) is 0 Å². The molecule has 0 aliphatic heterocycles. The molecule has 0 aromatic heterocycles. The van der Waals surface area contributed by atoms with Crippen LogP contribution in [0.2, 0.25) is 0 Å². The van der Waals surface area contributed by atoms with Crippen molar-refractivity contribution in [3.8, 4) is 0 Å². The zero-order chi connectivity index (χ0) is 10.1. The topological polar surface area (TPSA) is 23.1 Å². The van der Waals surface area contributed by atoms with Gasteiger partial charge in [0.05, 0.1) is 0 Å². The third-order valence-electron chi connectivity index (χ3n) is 1.47. The first-order chi connectivity index (χ1) is 5.91. The predicted molar refractivity (Wildman–Crippen MR) is 35.2 cm³/mol. The third-order valence-corrected chi connectivity index (χ3v) is 1.47. The molecule has 0 bridgehead atoms. The van der Waals surface area contributed by atoms with E-state index < -0.39 is 23.7 Å². The highest BCUT2D eigenvalue weighted by molar-refractivity contribution is 5.19. The molecule has 0 radical (unpaired) electrons. The Morgan fingerprint density at radius 2 is 1.54 bits per heavy atom. The highest BCUT2D eigenvalue weighted by Gasteiger charge is 2.31. The van der Waals surface area contributed by atoms with Gasteiger partial charge in [-0.1, -0.05) is 17.7 Å². The van der Waals surface area contributed by atoms with E-state index in [0.29, 0.717) is 0 Å². The van der Waals surface area contributed by atoms with Crippen molar-refractivity contribution in [2.24, 2.45) is 0 Å². The standard InChI is InChI=1S/C8H5F4O/c9-6-3-1-5(2-4-6)7(13)8(10,11)12/h1-4,7H/q-1. The van der Waals surface area contributed by atoms with Crippen molar-refractivity contribution in [2.75, 3.05) is 0 Å². The molecule has 0 saturated carbocycles. The summed E-state index contributed by atoms with van der Waals surface area (Å²) in [6.45, 7) is 0. The Bertz CT molecular complexity index is 277. The van der Waals surface area contributed by atoms with Crippen LogP contribution in [0, 0.1) is 5.82 Å². The summed E-state index contributed by atoms with van der Waals surface area (Å²) in [6.07, 6.45) is -7.62. The molecule has 13 heavy (non-hydrogen) atoms. The van der Waals surface area contributed by atoms with Gasteiger partial charge in [0.25, 0.3) is 0 Å². The van der Waals surface area contributed by atoms with Crippen LogP contribution in [0.15, 0.2) is 24.3 Å². The van der Waals surface area contributed by atoms with Crippen molar-refractivity contribution in [2.45, 2.75) is 12.3 Å². The van der Waals surface area contributed by atoms with Gasteiger partial charge in [0, 0.05) is 0 Å². The fraction of sp³-hybridized carbons (Fsp3) is 0.250. The van der Waals surface area contributed by atoms with Crippen LogP contribution in [0.3, 0.4) is 0 Å². The Hall–Kier alpha value is -1.10. The molecular weight excluding hydrogens is 188 g/mol. The summed E-state index contributed by atoms with van der Waals surface area (Å²) in [5.41, 5.74) is -0.478. The number of halogens is 4. The van der Waals surface area contributed by atoms with Gasteiger partial charge in [-0.2, -0.15) is 13.2 Å². The summed E-state index contributed by atoms with van der Waals surface area (Å²) in [4.78, 5) is 0. The number of hydrogen-bond donors (Lipinski definition) is 0. The maximum atomic E-state index is 12.3. The zero-order valence-electron chi connectivity index (χ0n) is 6.31. The minimum absolute atomic E-state index is 0.478. The van der Waals surface area contributed by atoms with Crippen molar-refractivity contribution in [1.29, 1.82) is 0 Å². The molecule has 1 unspecified atom stereocenters. The zero-order valence-corrected chi connectivity index (χ0v) is 6.31. The van der Waals surface area contributed by atoms with E-state index in [4.69, 9.17) is 0 Å². The smallest absolute Gasteiger partial charge is 0.381 e. The Balaban J connectivity index is 2.90. The summed E-state index contributed by atoms with van der Waals surface area (Å²) < 4.78 is 47.8. The van der Waals surface area contributed by atoms with Gasteiger partial charge >= 0.3 is 6.18 Å². The molecule has 5 heteroatoms. The monoisotopic (exact) mass is 193 g/mol. The van der Waals surface area contributed by atoms with Gasteiger partial charge < -0.3 is 5.11 Å². The molecule has 0 spiro atoms. The largest absolute Gasteiger partial charge is 0.842 e. The maximum Gasteiger partial charge on any atom is 0.381 e. The van der Waals surface area contributed by atoms with Crippen LogP contribution in [0.1, 0.15) is 11.7 Å². The summed E-state index contributed by atoms with van der Waals surface area (Å²) in [5, 5.41) is 10.6. The lowest BCUT2D eigenvalue weighted by atomic mass is 10.1. The van der Waals surface area contributed by atoms with Crippen LogP contribution in [0.4, 0.5) is 17.6 Å². The minimum Gasteiger partial charge on any atom is -0.842 e. The highest BCUT2D eigenvalue weighted by atomic mass is 19.4. The summed E-state index contributed by atoms with van der Waals surface area (Å²) in [6, 6.07) is 3.32. The number of alkyl halides is 3. The molecule has 72 valence electrons. The van der Waals surface area contributed by atoms with E-state index in [-0.39, 0.29) is 0 Å². The number of rotatable bonds is 1. The predicted octanol–water partition coefficient (Wildman–Crippen LogP) is 1.79. The average molecular weight is 193 g/mol. The molecule has 1 atom stereocenters. The van der Waals surface area contributed by atoms with E-state index in [1.165, 1.54) is 0 Å². The molecule has 1 nitrogen and oxygen atoms in total. The van der Waals surface area contributed by atoms with Crippen LogP contribution < -0.4 is 5.11 Å². The van der Waals surface area contributed by atoms with E-state index in [2.05, 4.69) is 0 Å². The van der Waals surface area contributed by atoms with Crippen molar-refractivity contribution >= 4 is 0 Å². The first-order valence-electron chi connectivity index (χ1n) is 3.39. The lowest BCUT2D eigenvalue weighted by molar-refractivity contribution is -0.488. The minimum atomic E-state index is -4.82. The van der Waals surface area contributed by atoms with Gasteiger partial charge in [-0.15, -0.1) is 0 Å². The second-order valence-electron chi connectivity index (χ2n) is 2.47. The average Bonchev–Trinajstić information content (AvgIpc) is 2.03. The lowest BCUT2D eigenvalue weighted by Crippen LogP contribution is -2.31. The summed E-state index contributed by atoms with van der Waals surface area (Å²) in [7, 11) is 0. The molecule has 1 aromatic rings. The second kappa shape index (κ2) is 3.33. The normalized spacial score (nSPS) is 14.2. The Morgan fingerprint density at radius 3 is 1.92 bits per heavy atom. The Kier molecular flexibility index (Phi) is 2.56. The Labute approximate surface area is 71.6 Å². The van der Waals surface area contributed by atoms with Crippen LogP contribution in [-0.4, -0.2) is 6.18 Å². The molecule has 0 aliphatic rings. The SMILES string of the molecule is [O-]C(c1ccc(F)cc1)C(F)(F)F. The molecule has 0 heterocycles. The first kappa shape index (κ1) is 9.98. The van der Waals surface area contributed by atoms with Crippen LogP contribution in [0.5, 0.6) is 0 Å². The highest BCUT2D eigenvalue weighted by Crippen LogP contribution is 2.29. The molecule has 0 saturated heterocycles. The Morgan fingerprint density at radius 1 is 1.08 bits per heavy atom.